The van der Waals surface area contributed by atoms with Gasteiger partial charge in [-0.05, 0) is 12.8 Å². The molecule has 0 aliphatic carbocycles. The molecule has 0 spiro atoms. The molecular weight excluding hydrogens is 112 g/mol. The second-order valence-electron chi connectivity index (χ2n) is 3.08. The number of likely N-dealkylation sites (N-methyl/N-ethyl adjacent to an activating group) is 1. The topological polar surface area (TPSA) is 32.1 Å². The minimum Gasteiger partial charge on any atom is -0.353 e. The molecule has 9 heavy (non-hydrogen) atoms. The van der Waals surface area contributed by atoms with Gasteiger partial charge in [0.1, 0.15) is 12.6 Å². The van der Waals surface area contributed by atoms with Crippen LogP contribution in [0.2, 0.25) is 0 Å². The van der Waals surface area contributed by atoms with Crippen molar-refractivity contribution in [3.63, 3.8) is 0 Å². The van der Waals surface area contributed by atoms with Gasteiger partial charge in [-0.1, -0.05) is 0 Å². The van der Waals surface area contributed by atoms with Crippen LogP contribution in [0.4, 0.5) is 0 Å². The number of hydrogen-bond donors (Lipinski definition) is 2. The Kier molecular flexibility index (Phi) is 2.49. The van der Waals surface area contributed by atoms with Crippen LogP contribution in [0.5, 0.6) is 0 Å². The Bertz CT molecular complexity index is 83.0. The predicted octanol–water partition coefficient (Wildman–Crippen LogP) is -1.70. The van der Waals surface area contributed by atoms with E-state index in [1.54, 1.807) is 4.90 Å². The van der Waals surface area contributed by atoms with Crippen LogP contribution in [0.1, 0.15) is 19.3 Å². The molecule has 0 bridgehead atoms. The summed E-state index contributed by atoms with van der Waals surface area (Å²) in [5, 5.41) is 0. The van der Waals surface area contributed by atoms with E-state index >= 15 is 0 Å². The lowest BCUT2D eigenvalue weighted by atomic mass is 10.0. The largest absolute Gasteiger partial charge is 0.353 e. The van der Waals surface area contributed by atoms with Crippen molar-refractivity contribution in [3.05, 3.63) is 0 Å². The van der Waals surface area contributed by atoms with E-state index in [2.05, 4.69) is 12.8 Å². The molecule has 2 nitrogen and oxygen atoms in total. The van der Waals surface area contributed by atoms with Crippen molar-refractivity contribution in [2.24, 2.45) is 0 Å². The van der Waals surface area contributed by atoms with Gasteiger partial charge in [0, 0.05) is 6.42 Å². The molecule has 0 amide bonds. The highest BCUT2D eigenvalue weighted by Gasteiger charge is 2.21. The predicted molar refractivity (Wildman–Crippen MR) is 37.1 cm³/mol. The number of nitrogens with one attached hydrogen (secondary N) is 1. The normalized spacial score (nSPS) is 36.7. The average Bonchev–Trinajstić information content (AvgIpc) is 1.89. The van der Waals surface area contributed by atoms with Crippen molar-refractivity contribution >= 4 is 0 Å². The van der Waals surface area contributed by atoms with Gasteiger partial charge in [-0.3, -0.25) is 0 Å². The van der Waals surface area contributed by atoms with E-state index in [9.17, 15) is 0 Å². The van der Waals surface area contributed by atoms with E-state index in [0.29, 0.717) is 0 Å². The quantitative estimate of drug-likeness (QED) is 0.424. The van der Waals surface area contributed by atoms with Crippen LogP contribution < -0.4 is 10.6 Å². The highest BCUT2D eigenvalue weighted by molar-refractivity contribution is 4.57. The van der Waals surface area contributed by atoms with Crippen molar-refractivity contribution in [1.82, 2.24) is 0 Å². The summed E-state index contributed by atoms with van der Waals surface area (Å²) in [6.45, 7) is 2.48. The zero-order valence-electron chi connectivity index (χ0n) is 6.32. The third kappa shape index (κ3) is 1.66. The molecule has 2 atom stereocenters. The van der Waals surface area contributed by atoms with Gasteiger partial charge in [-0.2, -0.15) is 0 Å². The van der Waals surface area contributed by atoms with E-state index in [4.69, 9.17) is 0 Å². The van der Waals surface area contributed by atoms with Crippen LogP contribution in [0.3, 0.4) is 0 Å². The smallest absolute Gasteiger partial charge is 0.137 e. The molecule has 0 radical (unpaired) electrons. The molecule has 1 unspecified atom stereocenters. The molecule has 0 saturated carbocycles. The summed E-state index contributed by atoms with van der Waals surface area (Å²) < 4.78 is 0. The molecule has 4 N–H and O–H groups in total. The number of rotatable bonds is 1. The van der Waals surface area contributed by atoms with Gasteiger partial charge < -0.3 is 10.6 Å². The zero-order valence-corrected chi connectivity index (χ0v) is 6.32. The lowest BCUT2D eigenvalue weighted by Crippen LogP contribution is -3.15. The second-order valence-corrected chi connectivity index (χ2v) is 3.08. The molecular formula is C7H18N2+2. The van der Waals surface area contributed by atoms with Crippen LogP contribution >= 0.6 is 0 Å². The van der Waals surface area contributed by atoms with Gasteiger partial charge >= 0.3 is 0 Å². The molecule has 2 heteroatoms. The summed E-state index contributed by atoms with van der Waals surface area (Å²) in [6, 6.07) is 0.860. The van der Waals surface area contributed by atoms with E-state index in [1.807, 2.05) is 0 Å². The van der Waals surface area contributed by atoms with Crippen LogP contribution in [0.25, 0.3) is 0 Å². The third-order valence-corrected chi connectivity index (χ3v) is 2.42. The van der Waals surface area contributed by atoms with E-state index in [-0.39, 0.29) is 0 Å². The van der Waals surface area contributed by atoms with Gasteiger partial charge in [0.25, 0.3) is 0 Å². The van der Waals surface area contributed by atoms with Crippen LogP contribution in [-0.4, -0.2) is 26.2 Å². The van der Waals surface area contributed by atoms with Crippen molar-refractivity contribution < 1.29 is 10.6 Å². The van der Waals surface area contributed by atoms with Gasteiger partial charge in [0.05, 0.1) is 13.6 Å². The van der Waals surface area contributed by atoms with Crippen LogP contribution in [-0.2, 0) is 0 Å². The van der Waals surface area contributed by atoms with Crippen molar-refractivity contribution in [2.45, 2.75) is 25.3 Å². The number of hydrogen-bond acceptors (Lipinski definition) is 0. The molecule has 0 aromatic heterocycles. The summed E-state index contributed by atoms with van der Waals surface area (Å²) >= 11 is 0. The standard InChI is InChI=1S/C7H16N2/c1-9-5-3-2-4-7(9)6-8/h7H,2-6,8H2,1H3/p+2/t7-/m0/s1. The number of likely N-dealkylation sites (tertiary alicyclic amines) is 1. The first kappa shape index (κ1) is 7.03. The Morgan fingerprint density at radius 2 is 2.33 bits per heavy atom. The van der Waals surface area contributed by atoms with E-state index in [0.717, 1.165) is 12.6 Å². The first-order valence-corrected chi connectivity index (χ1v) is 3.96. The highest BCUT2D eigenvalue weighted by Crippen LogP contribution is 1.99. The average molecular weight is 130 g/mol. The number of quaternary nitrogens is 2. The Morgan fingerprint density at radius 1 is 1.56 bits per heavy atom. The molecule has 1 fully saturated rings. The summed E-state index contributed by atoms with van der Waals surface area (Å²) in [5.41, 5.74) is 3.94. The molecule has 1 rings (SSSR count). The minimum absolute atomic E-state index is 0.860. The maximum absolute atomic E-state index is 3.94. The molecule has 1 aliphatic heterocycles. The van der Waals surface area contributed by atoms with Crippen molar-refractivity contribution in [3.8, 4) is 0 Å². The fourth-order valence-electron chi connectivity index (χ4n) is 1.64. The monoisotopic (exact) mass is 130 g/mol. The maximum Gasteiger partial charge on any atom is 0.137 e. The fraction of sp³-hybridized carbons (Fsp3) is 1.00. The third-order valence-electron chi connectivity index (χ3n) is 2.42. The van der Waals surface area contributed by atoms with E-state index < -0.39 is 0 Å². The molecule has 1 saturated heterocycles. The van der Waals surface area contributed by atoms with Crippen LogP contribution in [0, 0.1) is 0 Å². The zero-order chi connectivity index (χ0) is 6.69. The minimum atomic E-state index is 0.860. The van der Waals surface area contributed by atoms with E-state index in [1.165, 1.54) is 25.8 Å². The van der Waals surface area contributed by atoms with Gasteiger partial charge in [-0.25, -0.2) is 0 Å². The van der Waals surface area contributed by atoms with Crippen molar-refractivity contribution in [2.75, 3.05) is 20.1 Å². The summed E-state index contributed by atoms with van der Waals surface area (Å²) in [5.74, 6) is 0. The van der Waals surface area contributed by atoms with Crippen molar-refractivity contribution in [1.29, 1.82) is 0 Å². The summed E-state index contributed by atoms with van der Waals surface area (Å²) in [4.78, 5) is 1.69. The second kappa shape index (κ2) is 3.18. The molecule has 0 aromatic carbocycles. The Balaban J connectivity index is 2.30. The fourth-order valence-corrected chi connectivity index (χ4v) is 1.64. The SMILES string of the molecule is C[NH+]1CCCC[C@H]1C[NH3+]. The Hall–Kier alpha value is -0.0800. The Labute approximate surface area is 57.0 Å². The highest BCUT2D eigenvalue weighted by atomic mass is 15.1. The first-order chi connectivity index (χ1) is 4.34. The lowest BCUT2D eigenvalue weighted by molar-refractivity contribution is -0.917. The molecule has 1 heterocycles. The lowest BCUT2D eigenvalue weighted by Gasteiger charge is -2.26. The molecule has 54 valence electrons. The summed E-state index contributed by atoms with van der Waals surface area (Å²) in [7, 11) is 2.29. The Morgan fingerprint density at radius 3 is 2.78 bits per heavy atom. The van der Waals surface area contributed by atoms with Gasteiger partial charge in [0.15, 0.2) is 0 Å². The molecule has 1 aliphatic rings. The summed E-state index contributed by atoms with van der Waals surface area (Å²) in [6.07, 6.45) is 4.25. The number of piperidine rings is 1. The van der Waals surface area contributed by atoms with Crippen LogP contribution in [0.15, 0.2) is 0 Å². The van der Waals surface area contributed by atoms with Gasteiger partial charge in [-0.15, -0.1) is 0 Å². The maximum atomic E-state index is 3.94. The first-order valence-electron chi connectivity index (χ1n) is 3.96. The molecule has 0 aromatic rings. The van der Waals surface area contributed by atoms with Gasteiger partial charge in [0.2, 0.25) is 0 Å².